The van der Waals surface area contributed by atoms with Crippen LogP contribution in [0.2, 0.25) is 0 Å². The number of aryl methyl sites for hydroxylation is 1. The molecule has 2 aromatic heterocycles. The lowest BCUT2D eigenvalue weighted by Crippen LogP contribution is -2.04. The van der Waals surface area contributed by atoms with Crippen molar-refractivity contribution in [1.82, 2.24) is 9.72 Å². The van der Waals surface area contributed by atoms with Gasteiger partial charge in [0.1, 0.15) is 0 Å². The highest BCUT2D eigenvalue weighted by Gasteiger charge is 2.17. The summed E-state index contributed by atoms with van der Waals surface area (Å²) in [6, 6.07) is 9.60. The maximum Gasteiger partial charge on any atom is 0.360 e. The Bertz CT molecular complexity index is 770. The second kappa shape index (κ2) is 4.85. The second-order valence-electron chi connectivity index (χ2n) is 4.47. The van der Waals surface area contributed by atoms with E-state index in [4.69, 9.17) is 9.26 Å². The Morgan fingerprint density at radius 1 is 1.40 bits per heavy atom. The van der Waals surface area contributed by atoms with Crippen molar-refractivity contribution in [1.29, 1.82) is 0 Å². The Hall–Kier alpha value is -2.56. The molecule has 0 saturated carbocycles. The van der Waals surface area contributed by atoms with Gasteiger partial charge in [-0.1, -0.05) is 23.4 Å². The number of nitrogens with zero attached hydrogens (tertiary/aromatic N) is 2. The zero-order chi connectivity index (χ0) is 14.1. The Balaban J connectivity index is 2.06. The number of carbonyl (C=O) groups is 1. The topological polar surface area (TPSA) is 57.3 Å². The molecule has 0 radical (unpaired) electrons. The minimum atomic E-state index is -0.470. The van der Waals surface area contributed by atoms with Crippen LogP contribution in [0.1, 0.15) is 17.4 Å². The van der Waals surface area contributed by atoms with Gasteiger partial charge in [-0.15, -0.1) is 0 Å². The third-order valence-corrected chi connectivity index (χ3v) is 3.16. The molecule has 3 rings (SSSR count). The number of aromatic nitrogens is 2. The van der Waals surface area contributed by atoms with Crippen LogP contribution in [0.5, 0.6) is 0 Å². The summed E-state index contributed by atoms with van der Waals surface area (Å²) in [6.07, 6.45) is 1.96. The number of benzene rings is 1. The lowest BCUT2D eigenvalue weighted by atomic mass is 10.1. The molecule has 20 heavy (non-hydrogen) atoms. The summed E-state index contributed by atoms with van der Waals surface area (Å²) in [5.74, 6) is 0.0904. The SMILES string of the molecule is CCOC(=O)c1cc(-c2cn(C)c3ccccc23)on1. The molecule has 0 bridgehead atoms. The van der Waals surface area contributed by atoms with Crippen molar-refractivity contribution < 1.29 is 14.1 Å². The van der Waals surface area contributed by atoms with Crippen molar-refractivity contribution in [2.45, 2.75) is 6.92 Å². The van der Waals surface area contributed by atoms with Crippen LogP contribution in [-0.4, -0.2) is 22.3 Å². The summed E-state index contributed by atoms with van der Waals surface area (Å²) in [6.45, 7) is 2.07. The van der Waals surface area contributed by atoms with E-state index in [9.17, 15) is 4.79 Å². The Kier molecular flexibility index (Phi) is 3.02. The van der Waals surface area contributed by atoms with Gasteiger partial charge in [0, 0.05) is 35.8 Å². The number of ether oxygens (including phenoxy) is 1. The number of rotatable bonds is 3. The van der Waals surface area contributed by atoms with Gasteiger partial charge in [0.05, 0.1) is 6.61 Å². The van der Waals surface area contributed by atoms with Crippen LogP contribution in [0.25, 0.3) is 22.2 Å². The van der Waals surface area contributed by atoms with Crippen molar-refractivity contribution in [3.8, 4) is 11.3 Å². The lowest BCUT2D eigenvalue weighted by molar-refractivity contribution is 0.0514. The molecule has 0 aliphatic rings. The van der Waals surface area contributed by atoms with E-state index in [0.717, 1.165) is 16.5 Å². The van der Waals surface area contributed by atoms with Gasteiger partial charge >= 0.3 is 5.97 Å². The highest BCUT2D eigenvalue weighted by Crippen LogP contribution is 2.30. The summed E-state index contributed by atoms with van der Waals surface area (Å²) in [7, 11) is 1.97. The first-order valence-electron chi connectivity index (χ1n) is 6.39. The number of carbonyl (C=O) groups excluding carboxylic acids is 1. The molecule has 5 nitrogen and oxygen atoms in total. The summed E-state index contributed by atoms with van der Waals surface area (Å²) >= 11 is 0. The van der Waals surface area contributed by atoms with Crippen molar-refractivity contribution in [3.05, 3.63) is 42.2 Å². The fraction of sp³-hybridized carbons (Fsp3) is 0.200. The van der Waals surface area contributed by atoms with Crippen molar-refractivity contribution in [3.63, 3.8) is 0 Å². The molecule has 0 aliphatic heterocycles. The van der Waals surface area contributed by atoms with Crippen LogP contribution in [0.3, 0.4) is 0 Å². The van der Waals surface area contributed by atoms with Gasteiger partial charge in [0.2, 0.25) is 0 Å². The molecule has 102 valence electrons. The van der Waals surface area contributed by atoms with Gasteiger partial charge in [-0.3, -0.25) is 0 Å². The largest absolute Gasteiger partial charge is 0.461 e. The van der Waals surface area contributed by atoms with E-state index in [0.29, 0.717) is 12.4 Å². The zero-order valence-corrected chi connectivity index (χ0v) is 11.3. The normalized spacial score (nSPS) is 10.9. The molecule has 0 atom stereocenters. The quantitative estimate of drug-likeness (QED) is 0.686. The number of fused-ring (bicyclic) bond motifs is 1. The maximum absolute atomic E-state index is 11.6. The summed E-state index contributed by atoms with van der Waals surface area (Å²) in [4.78, 5) is 11.6. The Morgan fingerprint density at radius 3 is 3.00 bits per heavy atom. The standard InChI is InChI=1S/C15H14N2O3/c1-3-19-15(18)12-8-14(20-16-12)11-9-17(2)13-7-5-4-6-10(11)13/h4-9H,3H2,1-2H3. The molecular weight excluding hydrogens is 256 g/mol. The van der Waals surface area contributed by atoms with E-state index in [1.807, 2.05) is 42.1 Å². The molecule has 2 heterocycles. The Labute approximate surface area is 115 Å². The highest BCUT2D eigenvalue weighted by atomic mass is 16.5. The summed E-state index contributed by atoms with van der Waals surface area (Å²) in [5, 5.41) is 4.83. The third-order valence-electron chi connectivity index (χ3n) is 3.16. The first-order chi connectivity index (χ1) is 9.70. The monoisotopic (exact) mass is 270 g/mol. The predicted octanol–water partition coefficient (Wildman–Crippen LogP) is 3.01. The average Bonchev–Trinajstić information content (AvgIpc) is 3.05. The smallest absolute Gasteiger partial charge is 0.360 e. The van der Waals surface area contributed by atoms with Crippen molar-refractivity contribution in [2.24, 2.45) is 7.05 Å². The van der Waals surface area contributed by atoms with Gasteiger partial charge in [-0.25, -0.2) is 4.79 Å². The molecule has 0 amide bonds. The second-order valence-corrected chi connectivity index (χ2v) is 4.47. The fourth-order valence-corrected chi connectivity index (χ4v) is 2.24. The van der Waals surface area contributed by atoms with E-state index in [2.05, 4.69) is 5.16 Å². The third kappa shape index (κ3) is 1.97. The summed E-state index contributed by atoms with van der Waals surface area (Å²) < 4.78 is 12.2. The average molecular weight is 270 g/mol. The molecule has 0 saturated heterocycles. The number of hydrogen-bond donors (Lipinski definition) is 0. The minimum Gasteiger partial charge on any atom is -0.461 e. The zero-order valence-electron chi connectivity index (χ0n) is 11.3. The van der Waals surface area contributed by atoms with Crippen LogP contribution >= 0.6 is 0 Å². The van der Waals surface area contributed by atoms with Gasteiger partial charge < -0.3 is 13.8 Å². The summed E-state index contributed by atoms with van der Waals surface area (Å²) in [5.41, 5.74) is 2.19. The van der Waals surface area contributed by atoms with E-state index >= 15 is 0 Å². The first kappa shape index (κ1) is 12.5. The highest BCUT2D eigenvalue weighted by molar-refractivity contribution is 5.96. The number of para-hydroxylation sites is 1. The molecule has 0 unspecified atom stereocenters. The fourth-order valence-electron chi connectivity index (χ4n) is 2.24. The van der Waals surface area contributed by atoms with E-state index < -0.39 is 5.97 Å². The molecule has 3 aromatic rings. The molecular formula is C15H14N2O3. The maximum atomic E-state index is 11.6. The van der Waals surface area contributed by atoms with Crippen molar-refractivity contribution in [2.75, 3.05) is 6.61 Å². The molecule has 0 aliphatic carbocycles. The molecule has 0 fully saturated rings. The first-order valence-corrected chi connectivity index (χ1v) is 6.39. The Morgan fingerprint density at radius 2 is 2.20 bits per heavy atom. The number of hydrogen-bond acceptors (Lipinski definition) is 4. The van der Waals surface area contributed by atoms with E-state index in [1.54, 1.807) is 13.0 Å². The molecule has 5 heteroatoms. The van der Waals surface area contributed by atoms with E-state index in [1.165, 1.54) is 0 Å². The van der Waals surface area contributed by atoms with E-state index in [-0.39, 0.29) is 5.69 Å². The van der Waals surface area contributed by atoms with Gasteiger partial charge in [-0.2, -0.15) is 0 Å². The van der Waals surface area contributed by atoms with Crippen LogP contribution in [0.15, 0.2) is 41.1 Å². The molecule has 1 aromatic carbocycles. The predicted molar refractivity (Wildman–Crippen MR) is 74.4 cm³/mol. The van der Waals surface area contributed by atoms with Crippen LogP contribution in [0.4, 0.5) is 0 Å². The molecule has 0 spiro atoms. The number of esters is 1. The van der Waals surface area contributed by atoms with Crippen LogP contribution in [0, 0.1) is 0 Å². The van der Waals surface area contributed by atoms with Crippen LogP contribution < -0.4 is 0 Å². The van der Waals surface area contributed by atoms with Gasteiger partial charge in [-0.05, 0) is 13.0 Å². The van der Waals surface area contributed by atoms with Crippen LogP contribution in [-0.2, 0) is 11.8 Å². The van der Waals surface area contributed by atoms with Gasteiger partial charge in [0.15, 0.2) is 11.5 Å². The minimum absolute atomic E-state index is 0.190. The van der Waals surface area contributed by atoms with Crippen molar-refractivity contribution >= 4 is 16.9 Å². The molecule has 0 N–H and O–H groups in total. The lowest BCUT2D eigenvalue weighted by Gasteiger charge is -1.94. The van der Waals surface area contributed by atoms with Gasteiger partial charge in [0.25, 0.3) is 0 Å².